The monoisotopic (exact) mass is 709 g/mol. The summed E-state index contributed by atoms with van der Waals surface area (Å²) in [4.78, 5) is 61.4. The summed E-state index contributed by atoms with van der Waals surface area (Å²) in [5.74, 6) is 0.0471. The maximum atomic E-state index is 12.8. The average molecular weight is 710 g/mol. The van der Waals surface area contributed by atoms with E-state index in [4.69, 9.17) is 15.6 Å². The Hall–Kier alpha value is -4.57. The van der Waals surface area contributed by atoms with Crippen molar-refractivity contribution in [1.82, 2.24) is 35.0 Å². The van der Waals surface area contributed by atoms with Gasteiger partial charge in [-0.2, -0.15) is 4.98 Å². The van der Waals surface area contributed by atoms with Crippen molar-refractivity contribution >= 4 is 58.3 Å². The Morgan fingerprint density at radius 2 is 1.90 bits per heavy atom. The largest absolute Gasteiger partial charge is 0.496 e. The van der Waals surface area contributed by atoms with Gasteiger partial charge in [0.2, 0.25) is 23.7 Å². The first-order chi connectivity index (χ1) is 24.1. The fraction of sp³-hybridized carbons (Fsp3) is 0.529. The second kappa shape index (κ2) is 17.4. The Morgan fingerprint density at radius 1 is 1.10 bits per heavy atom. The predicted octanol–water partition coefficient (Wildman–Crippen LogP) is 1.90. The summed E-state index contributed by atoms with van der Waals surface area (Å²) in [6.45, 7) is 7.09. The third-order valence-corrected chi connectivity index (χ3v) is 10.2. The lowest BCUT2D eigenvalue weighted by molar-refractivity contribution is -0.141. The molecule has 3 amide bonds. The number of nitrogens with zero attached hydrogens (tertiary/aromatic N) is 5. The molecule has 4 heterocycles. The number of thioether (sulfide) groups is 1. The summed E-state index contributed by atoms with van der Waals surface area (Å²) >= 11 is 1.16. The van der Waals surface area contributed by atoms with Crippen molar-refractivity contribution in [2.45, 2.75) is 63.4 Å². The summed E-state index contributed by atoms with van der Waals surface area (Å²) in [6, 6.07) is 7.28. The van der Waals surface area contributed by atoms with E-state index in [0.717, 1.165) is 90.9 Å². The van der Waals surface area contributed by atoms with Crippen LogP contribution in [0.4, 0.5) is 11.8 Å². The Balaban J connectivity index is 1.08. The minimum absolute atomic E-state index is 0.0324. The highest BCUT2D eigenvalue weighted by Crippen LogP contribution is 2.28. The number of hydrogen-bond acceptors (Lipinski definition) is 11. The molecule has 2 aliphatic rings. The summed E-state index contributed by atoms with van der Waals surface area (Å²) in [5.41, 5.74) is 9.83. The molecule has 2 atom stereocenters. The number of fused-ring (bicyclic) bond motifs is 1. The summed E-state index contributed by atoms with van der Waals surface area (Å²) < 4.78 is 7.93. The first-order valence-electron chi connectivity index (χ1n) is 17.1. The second-order valence-corrected chi connectivity index (χ2v) is 13.8. The smallest absolute Gasteiger partial charge is 0.327 e. The van der Waals surface area contributed by atoms with Crippen molar-refractivity contribution in [3.05, 3.63) is 41.6 Å². The summed E-state index contributed by atoms with van der Waals surface area (Å²) in [5, 5.41) is 17.0. The second-order valence-electron chi connectivity index (χ2n) is 12.6. The van der Waals surface area contributed by atoms with Crippen LogP contribution in [0.25, 0.3) is 11.0 Å². The highest BCUT2D eigenvalue weighted by Gasteiger charge is 2.33. The number of ether oxygens (including phenoxy) is 1. The number of methoxy groups -OCH3 is 1. The molecule has 15 nitrogen and oxygen atoms in total. The molecule has 2 unspecified atom stereocenters. The van der Waals surface area contributed by atoms with Crippen molar-refractivity contribution < 1.29 is 29.0 Å². The Bertz CT molecular complexity index is 1680. The number of piperazine rings is 1. The molecule has 6 N–H and O–H groups in total. The number of unbranched alkanes of at least 4 members (excludes halogenated alkanes) is 2. The number of rotatable bonds is 16. The van der Waals surface area contributed by atoms with E-state index in [1.807, 2.05) is 17.2 Å². The minimum Gasteiger partial charge on any atom is -0.496 e. The maximum absolute atomic E-state index is 12.8. The number of nitrogens with two attached hydrogens (primary N) is 1. The standard InChI is InChI=1S/C34H47N9O6S/c1-3-4-5-10-37-31-30-24(39-34(35)40-31)9-12-43(30)20-23-7-6-22(17-26(23)49-2)19-41-13-15-42(16-14-41)29(45)8-11-36-28(44)18-27-32(46)38-25(21-50-27)33(47)48/h6-7,9,12,17,25,27H,3-5,8,10-11,13-16,18-21H2,1-2H3,(H,36,44)(H,38,46)(H,47,48)(H3,35,37,39,40). The number of amides is 3. The molecular formula is C34H47N9O6S. The van der Waals surface area contributed by atoms with Crippen LogP contribution in [-0.2, 0) is 32.3 Å². The van der Waals surface area contributed by atoms with Crippen LogP contribution in [0.5, 0.6) is 5.75 Å². The van der Waals surface area contributed by atoms with Gasteiger partial charge in [0.1, 0.15) is 17.3 Å². The van der Waals surface area contributed by atoms with E-state index >= 15 is 0 Å². The molecule has 0 spiro atoms. The van der Waals surface area contributed by atoms with Crippen LogP contribution >= 0.6 is 11.8 Å². The van der Waals surface area contributed by atoms with E-state index in [9.17, 15) is 19.2 Å². The molecule has 2 saturated heterocycles. The van der Waals surface area contributed by atoms with Crippen LogP contribution < -0.4 is 26.4 Å². The fourth-order valence-electron chi connectivity index (χ4n) is 6.16. The molecule has 270 valence electrons. The third kappa shape index (κ3) is 9.56. The normalized spacial score (nSPS) is 18.1. The van der Waals surface area contributed by atoms with E-state index in [-0.39, 0.29) is 42.9 Å². The van der Waals surface area contributed by atoms with Gasteiger partial charge in [-0.25, -0.2) is 9.78 Å². The number of nitrogen functional groups attached to an aromatic ring is 1. The number of carbonyl (C=O) groups excluding carboxylic acids is 3. The van der Waals surface area contributed by atoms with Gasteiger partial charge in [-0.1, -0.05) is 31.9 Å². The SMILES string of the molecule is CCCCCNc1nc(N)nc2ccn(Cc3ccc(CN4CCN(C(=O)CCNC(=O)CC5SCC(C(=O)O)NC5=O)CC4)cc3OC)c12. The number of carbonyl (C=O) groups is 4. The van der Waals surface area contributed by atoms with Crippen LogP contribution in [0, 0.1) is 0 Å². The molecular weight excluding hydrogens is 662 g/mol. The highest BCUT2D eigenvalue weighted by molar-refractivity contribution is 8.00. The summed E-state index contributed by atoms with van der Waals surface area (Å²) in [6.07, 6.45) is 5.43. The molecule has 0 saturated carbocycles. The Morgan fingerprint density at radius 3 is 2.62 bits per heavy atom. The molecule has 2 aliphatic heterocycles. The van der Waals surface area contributed by atoms with Crippen LogP contribution in [0.1, 0.15) is 50.2 Å². The first kappa shape index (κ1) is 36.7. The van der Waals surface area contributed by atoms with Crippen LogP contribution in [0.2, 0.25) is 0 Å². The van der Waals surface area contributed by atoms with E-state index in [2.05, 4.69) is 60.5 Å². The minimum atomic E-state index is -1.09. The molecule has 2 aromatic heterocycles. The van der Waals surface area contributed by atoms with Crippen molar-refractivity contribution in [3.8, 4) is 5.75 Å². The zero-order valence-corrected chi connectivity index (χ0v) is 29.5. The number of carboxylic acid groups (broad SMARTS) is 1. The number of benzene rings is 1. The van der Waals surface area contributed by atoms with Gasteiger partial charge in [-0.3, -0.25) is 19.3 Å². The average Bonchev–Trinajstić information content (AvgIpc) is 3.50. The highest BCUT2D eigenvalue weighted by atomic mass is 32.2. The van der Waals surface area contributed by atoms with Gasteiger partial charge in [-0.05, 0) is 24.1 Å². The molecule has 16 heteroatoms. The van der Waals surface area contributed by atoms with E-state index in [0.29, 0.717) is 19.6 Å². The van der Waals surface area contributed by atoms with Gasteiger partial charge in [-0.15, -0.1) is 11.8 Å². The van der Waals surface area contributed by atoms with Crippen molar-refractivity contribution in [2.24, 2.45) is 0 Å². The molecule has 2 fully saturated rings. The zero-order valence-electron chi connectivity index (χ0n) is 28.7. The predicted molar refractivity (Wildman–Crippen MR) is 192 cm³/mol. The zero-order chi connectivity index (χ0) is 35.6. The first-order valence-corrected chi connectivity index (χ1v) is 18.1. The number of anilines is 2. The van der Waals surface area contributed by atoms with E-state index in [1.165, 1.54) is 0 Å². The van der Waals surface area contributed by atoms with Gasteiger partial charge < -0.3 is 41.0 Å². The molecule has 50 heavy (non-hydrogen) atoms. The molecule has 3 aromatic rings. The van der Waals surface area contributed by atoms with Crippen LogP contribution in [0.3, 0.4) is 0 Å². The lowest BCUT2D eigenvalue weighted by Gasteiger charge is -2.35. The van der Waals surface area contributed by atoms with Crippen molar-refractivity contribution in [2.75, 3.05) is 63.2 Å². The Kier molecular flexibility index (Phi) is 12.8. The quantitative estimate of drug-likeness (QED) is 0.136. The lowest BCUT2D eigenvalue weighted by Crippen LogP contribution is -2.51. The third-order valence-electron chi connectivity index (χ3n) is 8.93. The van der Waals surface area contributed by atoms with Crippen molar-refractivity contribution in [3.63, 3.8) is 0 Å². The van der Waals surface area contributed by atoms with Gasteiger partial charge in [0.25, 0.3) is 0 Å². The topological polar surface area (TPSA) is 197 Å². The molecule has 5 rings (SSSR count). The van der Waals surface area contributed by atoms with Crippen molar-refractivity contribution in [1.29, 1.82) is 0 Å². The van der Waals surface area contributed by atoms with Crippen LogP contribution in [0.15, 0.2) is 30.5 Å². The Labute approximate surface area is 295 Å². The number of aromatic nitrogens is 3. The van der Waals surface area contributed by atoms with Gasteiger partial charge in [0.05, 0.1) is 24.4 Å². The maximum Gasteiger partial charge on any atom is 0.327 e. The summed E-state index contributed by atoms with van der Waals surface area (Å²) in [7, 11) is 1.68. The molecule has 0 radical (unpaired) electrons. The van der Waals surface area contributed by atoms with Gasteiger partial charge in [0, 0.05) is 76.2 Å². The number of hydrogen-bond donors (Lipinski definition) is 5. The van der Waals surface area contributed by atoms with Gasteiger partial charge in [0.15, 0.2) is 5.82 Å². The lowest BCUT2D eigenvalue weighted by atomic mass is 10.1. The number of carboxylic acids is 1. The van der Waals surface area contributed by atoms with Crippen LogP contribution in [-0.4, -0.2) is 117 Å². The molecule has 1 aromatic carbocycles. The van der Waals surface area contributed by atoms with Gasteiger partial charge >= 0.3 is 5.97 Å². The fourth-order valence-corrected chi connectivity index (χ4v) is 7.30. The molecule has 0 aliphatic carbocycles. The number of nitrogens with one attached hydrogen (secondary N) is 3. The number of aliphatic carboxylic acids is 1. The van der Waals surface area contributed by atoms with E-state index in [1.54, 1.807) is 7.11 Å². The molecule has 0 bridgehead atoms. The van der Waals surface area contributed by atoms with E-state index < -0.39 is 23.2 Å².